The number of amides is 1. The Balaban J connectivity index is 1.79. The Labute approximate surface area is 133 Å². The fourth-order valence-electron chi connectivity index (χ4n) is 2.87. The zero-order valence-electron chi connectivity index (χ0n) is 13.9. The number of nitrogens with zero attached hydrogens (tertiary/aromatic N) is 1. The van der Waals surface area contributed by atoms with Crippen molar-refractivity contribution < 1.29 is 9.53 Å². The molecule has 4 nitrogen and oxygen atoms in total. The van der Waals surface area contributed by atoms with E-state index in [0.717, 1.165) is 32.4 Å². The third kappa shape index (κ3) is 5.02. The molecule has 22 heavy (non-hydrogen) atoms. The van der Waals surface area contributed by atoms with E-state index >= 15 is 0 Å². The summed E-state index contributed by atoms with van der Waals surface area (Å²) in [5, 5.41) is 0. The van der Waals surface area contributed by atoms with Gasteiger partial charge in [-0.3, -0.25) is 0 Å². The molecule has 1 saturated heterocycles. The van der Waals surface area contributed by atoms with Gasteiger partial charge in [-0.1, -0.05) is 30.3 Å². The van der Waals surface area contributed by atoms with Gasteiger partial charge in [0.15, 0.2) is 0 Å². The summed E-state index contributed by atoms with van der Waals surface area (Å²) >= 11 is 0. The van der Waals surface area contributed by atoms with Crippen LogP contribution in [0.4, 0.5) is 4.79 Å². The number of ether oxygens (including phenoxy) is 1. The molecular formula is C18H28N2O2. The summed E-state index contributed by atoms with van der Waals surface area (Å²) in [5.41, 5.74) is 7.06. The van der Waals surface area contributed by atoms with Crippen molar-refractivity contribution in [3.05, 3.63) is 35.9 Å². The maximum absolute atomic E-state index is 12.0. The molecule has 122 valence electrons. The number of carbonyl (C=O) groups excluding carboxylic acids is 1. The van der Waals surface area contributed by atoms with E-state index in [0.29, 0.717) is 5.92 Å². The number of likely N-dealkylation sites (tertiary alicyclic amines) is 1. The second-order valence-corrected chi connectivity index (χ2v) is 7.16. The molecular weight excluding hydrogens is 276 g/mol. The summed E-state index contributed by atoms with van der Waals surface area (Å²) in [7, 11) is 0. The second-order valence-electron chi connectivity index (χ2n) is 7.16. The Bertz CT molecular complexity index is 474. The predicted octanol–water partition coefficient (Wildman–Crippen LogP) is 3.72. The molecule has 1 atom stereocenters. The molecule has 0 radical (unpaired) electrons. The molecule has 0 bridgehead atoms. The summed E-state index contributed by atoms with van der Waals surface area (Å²) < 4.78 is 5.43. The van der Waals surface area contributed by atoms with E-state index < -0.39 is 5.60 Å². The van der Waals surface area contributed by atoms with E-state index in [1.165, 1.54) is 5.56 Å². The van der Waals surface area contributed by atoms with Crippen molar-refractivity contribution in [2.75, 3.05) is 13.1 Å². The Morgan fingerprint density at radius 1 is 1.27 bits per heavy atom. The van der Waals surface area contributed by atoms with E-state index in [1.807, 2.05) is 43.9 Å². The Morgan fingerprint density at radius 3 is 2.41 bits per heavy atom. The second kappa shape index (κ2) is 7.14. The highest BCUT2D eigenvalue weighted by atomic mass is 16.6. The molecule has 0 spiro atoms. The smallest absolute Gasteiger partial charge is 0.410 e. The van der Waals surface area contributed by atoms with Gasteiger partial charge < -0.3 is 15.4 Å². The van der Waals surface area contributed by atoms with Gasteiger partial charge >= 0.3 is 6.09 Å². The lowest BCUT2D eigenvalue weighted by Crippen LogP contribution is -2.42. The molecule has 1 aliphatic rings. The highest BCUT2D eigenvalue weighted by Crippen LogP contribution is 2.27. The summed E-state index contributed by atoms with van der Waals surface area (Å²) in [6, 6.07) is 10.3. The lowest BCUT2D eigenvalue weighted by atomic mass is 9.88. The van der Waals surface area contributed by atoms with Gasteiger partial charge in [0.1, 0.15) is 5.60 Å². The van der Waals surface area contributed by atoms with Crippen LogP contribution in [0.15, 0.2) is 30.3 Å². The van der Waals surface area contributed by atoms with Crippen molar-refractivity contribution in [2.24, 2.45) is 11.7 Å². The molecule has 4 heteroatoms. The number of benzene rings is 1. The lowest BCUT2D eigenvalue weighted by Gasteiger charge is -2.34. The first-order chi connectivity index (χ1) is 10.3. The number of hydrogen-bond donors (Lipinski definition) is 1. The zero-order chi connectivity index (χ0) is 16.2. The summed E-state index contributed by atoms with van der Waals surface area (Å²) in [6.07, 6.45) is 2.78. The van der Waals surface area contributed by atoms with Crippen molar-refractivity contribution >= 4 is 6.09 Å². The molecule has 2 rings (SSSR count). The van der Waals surface area contributed by atoms with Gasteiger partial charge in [-0.05, 0) is 51.5 Å². The van der Waals surface area contributed by atoms with Crippen molar-refractivity contribution in [3.8, 4) is 0 Å². The minimum Gasteiger partial charge on any atom is -0.444 e. The highest BCUT2D eigenvalue weighted by Gasteiger charge is 2.27. The normalized spacial score (nSPS) is 18.1. The van der Waals surface area contributed by atoms with E-state index in [4.69, 9.17) is 10.5 Å². The van der Waals surface area contributed by atoms with Gasteiger partial charge in [-0.2, -0.15) is 0 Å². The van der Waals surface area contributed by atoms with Crippen LogP contribution in [0, 0.1) is 5.92 Å². The zero-order valence-corrected chi connectivity index (χ0v) is 13.9. The summed E-state index contributed by atoms with van der Waals surface area (Å²) in [4.78, 5) is 13.9. The molecule has 1 aromatic carbocycles. The average molecular weight is 304 g/mol. The first kappa shape index (κ1) is 16.8. The van der Waals surface area contributed by atoms with Gasteiger partial charge in [-0.15, -0.1) is 0 Å². The molecule has 0 unspecified atom stereocenters. The fourth-order valence-corrected chi connectivity index (χ4v) is 2.87. The molecule has 1 aliphatic heterocycles. The third-order valence-electron chi connectivity index (χ3n) is 4.08. The molecule has 0 saturated carbocycles. The number of piperidine rings is 1. The van der Waals surface area contributed by atoms with Crippen molar-refractivity contribution in [3.63, 3.8) is 0 Å². The molecule has 1 amide bonds. The van der Waals surface area contributed by atoms with E-state index in [1.54, 1.807) is 0 Å². The standard InChI is InChI=1S/C18H28N2O2/c1-18(2,3)22-17(21)20-11-9-14(10-12-20)13-16(19)15-7-5-4-6-8-15/h4-8,14,16H,9-13,19H2,1-3H3/t16-/m1/s1. The van der Waals surface area contributed by atoms with Crippen LogP contribution in [-0.4, -0.2) is 29.7 Å². The molecule has 0 aliphatic carbocycles. The lowest BCUT2D eigenvalue weighted by molar-refractivity contribution is 0.0179. The van der Waals surface area contributed by atoms with Crippen LogP contribution < -0.4 is 5.73 Å². The number of carbonyl (C=O) groups is 1. The van der Waals surface area contributed by atoms with E-state index in [2.05, 4.69) is 12.1 Å². The summed E-state index contributed by atoms with van der Waals surface area (Å²) in [5.74, 6) is 0.578. The van der Waals surface area contributed by atoms with Crippen molar-refractivity contribution in [2.45, 2.75) is 51.7 Å². The van der Waals surface area contributed by atoms with Crippen LogP contribution in [-0.2, 0) is 4.74 Å². The van der Waals surface area contributed by atoms with Crippen molar-refractivity contribution in [1.29, 1.82) is 0 Å². The van der Waals surface area contributed by atoms with Crippen molar-refractivity contribution in [1.82, 2.24) is 4.90 Å². The van der Waals surface area contributed by atoms with Crippen LogP contribution >= 0.6 is 0 Å². The monoisotopic (exact) mass is 304 g/mol. The van der Waals surface area contributed by atoms with Gasteiger partial charge in [0.05, 0.1) is 0 Å². The number of hydrogen-bond acceptors (Lipinski definition) is 3. The van der Waals surface area contributed by atoms with Crippen LogP contribution in [0.25, 0.3) is 0 Å². The average Bonchev–Trinajstić information content (AvgIpc) is 2.47. The van der Waals surface area contributed by atoms with Crippen LogP contribution in [0.1, 0.15) is 51.6 Å². The Hall–Kier alpha value is -1.55. The number of nitrogens with two attached hydrogens (primary N) is 1. The van der Waals surface area contributed by atoms with Gasteiger partial charge in [-0.25, -0.2) is 4.79 Å². The minimum absolute atomic E-state index is 0.0827. The largest absolute Gasteiger partial charge is 0.444 e. The molecule has 0 aromatic heterocycles. The molecule has 1 heterocycles. The minimum atomic E-state index is -0.427. The highest BCUT2D eigenvalue weighted by molar-refractivity contribution is 5.68. The van der Waals surface area contributed by atoms with Crippen LogP contribution in [0.3, 0.4) is 0 Å². The van der Waals surface area contributed by atoms with E-state index in [9.17, 15) is 4.79 Å². The SMILES string of the molecule is CC(C)(C)OC(=O)N1CCC(C[C@@H](N)c2ccccc2)CC1. The molecule has 1 aromatic rings. The summed E-state index contributed by atoms with van der Waals surface area (Å²) in [6.45, 7) is 7.23. The first-order valence-corrected chi connectivity index (χ1v) is 8.13. The molecule has 1 fully saturated rings. The Kier molecular flexibility index (Phi) is 5.46. The third-order valence-corrected chi connectivity index (χ3v) is 4.08. The van der Waals surface area contributed by atoms with Gasteiger partial charge in [0, 0.05) is 19.1 Å². The maximum atomic E-state index is 12.0. The van der Waals surface area contributed by atoms with Crippen LogP contribution in [0.2, 0.25) is 0 Å². The Morgan fingerprint density at radius 2 is 1.86 bits per heavy atom. The van der Waals surface area contributed by atoms with Gasteiger partial charge in [0.2, 0.25) is 0 Å². The van der Waals surface area contributed by atoms with E-state index in [-0.39, 0.29) is 12.1 Å². The predicted molar refractivity (Wildman–Crippen MR) is 88.5 cm³/mol. The first-order valence-electron chi connectivity index (χ1n) is 8.13. The quantitative estimate of drug-likeness (QED) is 0.926. The molecule has 2 N–H and O–H groups in total. The van der Waals surface area contributed by atoms with Gasteiger partial charge in [0.25, 0.3) is 0 Å². The topological polar surface area (TPSA) is 55.6 Å². The number of rotatable bonds is 3. The van der Waals surface area contributed by atoms with Crippen LogP contribution in [0.5, 0.6) is 0 Å². The maximum Gasteiger partial charge on any atom is 0.410 e. The fraction of sp³-hybridized carbons (Fsp3) is 0.611.